The molecule has 1 aromatic carbocycles. The Balaban J connectivity index is 1.70. The van der Waals surface area contributed by atoms with Gasteiger partial charge in [0.1, 0.15) is 0 Å². The molecule has 1 N–H and O–H groups in total. The molecule has 2 aliphatic heterocycles. The van der Waals surface area contributed by atoms with Crippen LogP contribution in [0.1, 0.15) is 31.7 Å². The zero-order valence-corrected chi connectivity index (χ0v) is 10.9. The molecule has 0 aliphatic carbocycles. The van der Waals surface area contributed by atoms with Gasteiger partial charge >= 0.3 is 0 Å². The van der Waals surface area contributed by atoms with Crippen LogP contribution in [0.25, 0.3) is 0 Å². The SMILES string of the molecule is C[C@]1(c2ccccc2)OC[C@H]([C@@H]2CCCCN2)O1. The monoisotopic (exact) mass is 247 g/mol. The molecule has 18 heavy (non-hydrogen) atoms. The van der Waals surface area contributed by atoms with Gasteiger partial charge in [-0.3, -0.25) is 0 Å². The predicted molar refractivity (Wildman–Crippen MR) is 70.3 cm³/mol. The van der Waals surface area contributed by atoms with Crippen LogP contribution < -0.4 is 5.32 Å². The van der Waals surface area contributed by atoms with Gasteiger partial charge in [-0.15, -0.1) is 0 Å². The number of nitrogens with one attached hydrogen (secondary N) is 1. The Morgan fingerprint density at radius 2 is 2.06 bits per heavy atom. The van der Waals surface area contributed by atoms with Gasteiger partial charge in [0.15, 0.2) is 5.79 Å². The Morgan fingerprint density at radius 3 is 2.78 bits per heavy atom. The highest BCUT2D eigenvalue weighted by Gasteiger charge is 2.42. The maximum absolute atomic E-state index is 6.19. The van der Waals surface area contributed by atoms with Gasteiger partial charge in [-0.25, -0.2) is 0 Å². The highest BCUT2D eigenvalue weighted by atomic mass is 16.7. The number of benzene rings is 1. The molecule has 2 saturated heterocycles. The first kappa shape index (κ1) is 12.2. The molecule has 0 bridgehead atoms. The summed E-state index contributed by atoms with van der Waals surface area (Å²) in [7, 11) is 0. The maximum atomic E-state index is 6.19. The van der Waals surface area contributed by atoms with E-state index in [0.717, 1.165) is 12.1 Å². The molecule has 3 rings (SSSR count). The van der Waals surface area contributed by atoms with Crippen molar-refractivity contribution in [3.8, 4) is 0 Å². The van der Waals surface area contributed by atoms with E-state index in [2.05, 4.69) is 17.4 Å². The highest BCUT2D eigenvalue weighted by molar-refractivity contribution is 5.20. The molecule has 98 valence electrons. The van der Waals surface area contributed by atoms with Crippen molar-refractivity contribution in [3.63, 3.8) is 0 Å². The van der Waals surface area contributed by atoms with Gasteiger partial charge < -0.3 is 14.8 Å². The van der Waals surface area contributed by atoms with Gasteiger partial charge in [0.2, 0.25) is 0 Å². The third kappa shape index (κ3) is 2.30. The van der Waals surface area contributed by atoms with Gasteiger partial charge in [-0.2, -0.15) is 0 Å². The molecular formula is C15H21NO2. The minimum absolute atomic E-state index is 0.176. The summed E-state index contributed by atoms with van der Waals surface area (Å²) in [6.07, 6.45) is 3.94. The van der Waals surface area contributed by atoms with Crippen molar-refractivity contribution in [3.05, 3.63) is 35.9 Å². The van der Waals surface area contributed by atoms with Crippen LogP contribution in [-0.2, 0) is 15.3 Å². The summed E-state index contributed by atoms with van der Waals surface area (Å²) in [6, 6.07) is 10.7. The lowest BCUT2D eigenvalue weighted by molar-refractivity contribution is -0.165. The number of hydrogen-bond donors (Lipinski definition) is 1. The molecule has 0 saturated carbocycles. The fourth-order valence-corrected chi connectivity index (χ4v) is 2.88. The van der Waals surface area contributed by atoms with E-state index in [0.29, 0.717) is 12.6 Å². The van der Waals surface area contributed by atoms with Crippen molar-refractivity contribution in [2.45, 2.75) is 44.1 Å². The van der Waals surface area contributed by atoms with Crippen LogP contribution in [0.5, 0.6) is 0 Å². The van der Waals surface area contributed by atoms with E-state index >= 15 is 0 Å². The second-order valence-corrected chi connectivity index (χ2v) is 5.34. The van der Waals surface area contributed by atoms with Crippen LogP contribution >= 0.6 is 0 Å². The van der Waals surface area contributed by atoms with Crippen molar-refractivity contribution < 1.29 is 9.47 Å². The van der Waals surface area contributed by atoms with Crippen LogP contribution in [0, 0.1) is 0 Å². The summed E-state index contributed by atoms with van der Waals surface area (Å²) >= 11 is 0. The smallest absolute Gasteiger partial charge is 0.192 e. The lowest BCUT2D eigenvalue weighted by Gasteiger charge is -2.29. The van der Waals surface area contributed by atoms with Crippen LogP contribution in [0.4, 0.5) is 0 Å². The minimum atomic E-state index is -0.578. The minimum Gasteiger partial charge on any atom is -0.343 e. The molecule has 0 amide bonds. The van der Waals surface area contributed by atoms with E-state index in [1.54, 1.807) is 0 Å². The van der Waals surface area contributed by atoms with Gasteiger partial charge in [0.25, 0.3) is 0 Å². The molecule has 3 nitrogen and oxygen atoms in total. The number of hydrogen-bond acceptors (Lipinski definition) is 3. The highest BCUT2D eigenvalue weighted by Crippen LogP contribution is 2.35. The molecule has 3 heteroatoms. The van der Waals surface area contributed by atoms with Crippen molar-refractivity contribution in [2.75, 3.05) is 13.2 Å². The summed E-state index contributed by atoms with van der Waals surface area (Å²) in [6.45, 7) is 3.81. The Hall–Kier alpha value is -0.900. The van der Waals surface area contributed by atoms with E-state index in [1.807, 2.05) is 25.1 Å². The zero-order valence-electron chi connectivity index (χ0n) is 10.9. The third-order valence-corrected chi connectivity index (χ3v) is 3.99. The van der Waals surface area contributed by atoms with E-state index in [-0.39, 0.29) is 6.10 Å². The first-order valence-corrected chi connectivity index (χ1v) is 6.89. The van der Waals surface area contributed by atoms with Crippen molar-refractivity contribution >= 4 is 0 Å². The van der Waals surface area contributed by atoms with Crippen molar-refractivity contribution in [1.82, 2.24) is 5.32 Å². The molecular weight excluding hydrogens is 226 g/mol. The summed E-state index contributed by atoms with van der Waals surface area (Å²) in [5, 5.41) is 3.55. The van der Waals surface area contributed by atoms with E-state index in [4.69, 9.17) is 9.47 Å². The zero-order chi connectivity index (χ0) is 12.4. The molecule has 2 fully saturated rings. The standard InChI is InChI=1S/C15H21NO2/c1-15(12-7-3-2-4-8-12)17-11-14(18-15)13-9-5-6-10-16-13/h2-4,7-8,13-14,16H,5-6,9-11H2,1H3/t13-,14+,15-/m0/s1. The Kier molecular flexibility index (Phi) is 3.37. The van der Waals surface area contributed by atoms with Crippen LogP contribution in [0.2, 0.25) is 0 Å². The van der Waals surface area contributed by atoms with E-state index in [9.17, 15) is 0 Å². The second kappa shape index (κ2) is 5.00. The maximum Gasteiger partial charge on any atom is 0.192 e. The third-order valence-electron chi connectivity index (χ3n) is 3.99. The largest absolute Gasteiger partial charge is 0.343 e. The molecule has 2 aliphatic rings. The van der Waals surface area contributed by atoms with Crippen LogP contribution in [0.3, 0.4) is 0 Å². The quantitative estimate of drug-likeness (QED) is 0.870. The number of ether oxygens (including phenoxy) is 2. The Labute approximate surface area is 108 Å². The molecule has 1 aromatic rings. The van der Waals surface area contributed by atoms with E-state index < -0.39 is 5.79 Å². The lowest BCUT2D eigenvalue weighted by Crippen LogP contribution is -2.44. The molecule has 0 unspecified atom stereocenters. The summed E-state index contributed by atoms with van der Waals surface area (Å²) in [5.41, 5.74) is 1.10. The van der Waals surface area contributed by atoms with Gasteiger partial charge in [0.05, 0.1) is 12.7 Å². The average Bonchev–Trinajstić information content (AvgIpc) is 2.85. The number of piperidine rings is 1. The summed E-state index contributed by atoms with van der Waals surface area (Å²) in [4.78, 5) is 0. The van der Waals surface area contributed by atoms with Crippen LogP contribution in [-0.4, -0.2) is 25.3 Å². The first-order valence-electron chi connectivity index (χ1n) is 6.89. The predicted octanol–water partition coefficient (Wildman–Crippen LogP) is 2.42. The Bertz CT molecular complexity index is 389. The summed E-state index contributed by atoms with van der Waals surface area (Å²) < 4.78 is 12.1. The van der Waals surface area contributed by atoms with Gasteiger partial charge in [-0.05, 0) is 26.3 Å². The summed E-state index contributed by atoms with van der Waals surface area (Å²) in [5.74, 6) is -0.578. The topological polar surface area (TPSA) is 30.5 Å². The van der Waals surface area contributed by atoms with Gasteiger partial charge in [-0.1, -0.05) is 36.8 Å². The average molecular weight is 247 g/mol. The molecule has 2 heterocycles. The molecule has 0 spiro atoms. The van der Waals surface area contributed by atoms with Crippen molar-refractivity contribution in [1.29, 1.82) is 0 Å². The second-order valence-electron chi connectivity index (χ2n) is 5.34. The van der Waals surface area contributed by atoms with Crippen molar-refractivity contribution in [2.24, 2.45) is 0 Å². The van der Waals surface area contributed by atoms with Crippen LogP contribution in [0.15, 0.2) is 30.3 Å². The first-order chi connectivity index (χ1) is 8.78. The molecule has 3 atom stereocenters. The Morgan fingerprint density at radius 1 is 1.22 bits per heavy atom. The lowest BCUT2D eigenvalue weighted by atomic mass is 10.0. The number of rotatable bonds is 2. The fraction of sp³-hybridized carbons (Fsp3) is 0.600. The van der Waals surface area contributed by atoms with Gasteiger partial charge in [0, 0.05) is 11.6 Å². The molecule has 0 aromatic heterocycles. The normalized spacial score (nSPS) is 36.7. The molecule has 0 radical (unpaired) electrons. The fourth-order valence-electron chi connectivity index (χ4n) is 2.88. The van der Waals surface area contributed by atoms with E-state index in [1.165, 1.54) is 19.3 Å².